The van der Waals surface area contributed by atoms with Crippen LogP contribution in [0.3, 0.4) is 0 Å². The van der Waals surface area contributed by atoms with Crippen molar-refractivity contribution in [2.24, 2.45) is 23.5 Å². The Balaban J connectivity index is 1.69. The highest BCUT2D eigenvalue weighted by Gasteiger charge is 2.39. The molecule has 2 aliphatic carbocycles. The molecule has 1 amide bonds. The Bertz CT molecular complexity index is 308. The molecular weight excluding hydrogens is 238 g/mol. The third kappa shape index (κ3) is 3.93. The van der Waals surface area contributed by atoms with E-state index in [0.29, 0.717) is 0 Å². The van der Waals surface area contributed by atoms with Gasteiger partial charge in [0.25, 0.3) is 0 Å². The summed E-state index contributed by atoms with van der Waals surface area (Å²) in [6.07, 6.45) is 6.64. The molecule has 0 saturated heterocycles. The maximum atomic E-state index is 11.3. The predicted octanol–water partition coefficient (Wildman–Crippen LogP) is 1.21. The molecule has 2 saturated carbocycles. The molecule has 2 aliphatic rings. The monoisotopic (exact) mass is 267 g/mol. The first kappa shape index (κ1) is 14.8. The zero-order valence-corrected chi connectivity index (χ0v) is 12.4. The maximum Gasteiger partial charge on any atom is 0.234 e. The molecule has 2 fully saturated rings. The smallest absolute Gasteiger partial charge is 0.234 e. The minimum Gasteiger partial charge on any atom is -0.368 e. The van der Waals surface area contributed by atoms with Crippen molar-refractivity contribution in [1.29, 1.82) is 0 Å². The van der Waals surface area contributed by atoms with Crippen LogP contribution in [-0.2, 0) is 4.79 Å². The van der Waals surface area contributed by atoms with Gasteiger partial charge >= 0.3 is 0 Å². The van der Waals surface area contributed by atoms with Gasteiger partial charge in [0, 0.05) is 6.54 Å². The summed E-state index contributed by atoms with van der Waals surface area (Å²) in [4.78, 5) is 13.7. The fraction of sp³-hybridized carbons (Fsp3) is 0.933. The Hall–Kier alpha value is -0.610. The van der Waals surface area contributed by atoms with Crippen LogP contribution in [0.1, 0.15) is 39.0 Å². The molecule has 0 aromatic rings. The van der Waals surface area contributed by atoms with Gasteiger partial charge in [0.05, 0.1) is 6.04 Å². The molecule has 0 heterocycles. The Morgan fingerprint density at radius 1 is 1.42 bits per heavy atom. The number of fused-ring (bicyclic) bond motifs is 2. The van der Waals surface area contributed by atoms with E-state index in [2.05, 4.69) is 17.3 Å². The van der Waals surface area contributed by atoms with Crippen molar-refractivity contribution in [2.75, 3.05) is 26.7 Å². The molecule has 0 aliphatic heterocycles. The van der Waals surface area contributed by atoms with Crippen molar-refractivity contribution in [3.63, 3.8) is 0 Å². The molecule has 0 radical (unpaired) electrons. The Kier molecular flexibility index (Phi) is 5.22. The number of nitrogens with two attached hydrogens (primary N) is 1. The molecule has 3 N–H and O–H groups in total. The van der Waals surface area contributed by atoms with Gasteiger partial charge in [0.2, 0.25) is 5.91 Å². The fourth-order valence-corrected chi connectivity index (χ4v) is 4.03. The molecule has 4 nitrogen and oxygen atoms in total. The van der Waals surface area contributed by atoms with Crippen LogP contribution in [0.15, 0.2) is 0 Å². The number of primary amides is 1. The lowest BCUT2D eigenvalue weighted by Gasteiger charge is -2.28. The average Bonchev–Trinajstić information content (AvgIpc) is 2.96. The SMILES string of the molecule is CCNC(CCN(C)CC1CC2CCC1C2)C(N)=O. The number of carbonyl (C=O) groups excluding carboxylic acids is 1. The van der Waals surface area contributed by atoms with E-state index < -0.39 is 0 Å². The lowest BCUT2D eigenvalue weighted by atomic mass is 9.88. The molecule has 2 rings (SSSR count). The first-order valence-electron chi connectivity index (χ1n) is 7.81. The van der Waals surface area contributed by atoms with Crippen molar-refractivity contribution in [2.45, 2.75) is 45.1 Å². The van der Waals surface area contributed by atoms with Crippen LogP contribution in [0.4, 0.5) is 0 Å². The highest BCUT2D eigenvalue weighted by molar-refractivity contribution is 5.79. The fourth-order valence-electron chi connectivity index (χ4n) is 4.03. The summed E-state index contributed by atoms with van der Waals surface area (Å²) in [7, 11) is 2.18. The van der Waals surface area contributed by atoms with E-state index in [1.165, 1.54) is 32.2 Å². The minimum atomic E-state index is -0.227. The number of likely N-dealkylation sites (N-methyl/N-ethyl adjacent to an activating group) is 1. The van der Waals surface area contributed by atoms with Crippen molar-refractivity contribution in [3.05, 3.63) is 0 Å². The van der Waals surface area contributed by atoms with Gasteiger partial charge in [0.1, 0.15) is 0 Å². The number of nitrogens with one attached hydrogen (secondary N) is 1. The van der Waals surface area contributed by atoms with Crippen LogP contribution < -0.4 is 11.1 Å². The highest BCUT2D eigenvalue weighted by Crippen LogP contribution is 2.48. The summed E-state index contributed by atoms with van der Waals surface area (Å²) in [6.45, 7) is 4.95. The van der Waals surface area contributed by atoms with Gasteiger partial charge in [-0.3, -0.25) is 4.79 Å². The van der Waals surface area contributed by atoms with Crippen molar-refractivity contribution in [3.8, 4) is 0 Å². The van der Waals surface area contributed by atoms with Crippen molar-refractivity contribution < 1.29 is 4.79 Å². The molecule has 2 bridgehead atoms. The zero-order chi connectivity index (χ0) is 13.8. The Morgan fingerprint density at radius 2 is 2.21 bits per heavy atom. The van der Waals surface area contributed by atoms with Gasteiger partial charge in [-0.15, -0.1) is 0 Å². The van der Waals surface area contributed by atoms with Gasteiger partial charge in [-0.1, -0.05) is 13.3 Å². The Labute approximate surface area is 117 Å². The lowest BCUT2D eigenvalue weighted by molar-refractivity contribution is -0.120. The van der Waals surface area contributed by atoms with E-state index in [1.807, 2.05) is 6.92 Å². The molecule has 4 atom stereocenters. The van der Waals surface area contributed by atoms with E-state index in [1.54, 1.807) is 0 Å². The molecule has 0 aromatic carbocycles. The van der Waals surface area contributed by atoms with Crippen LogP contribution in [0.25, 0.3) is 0 Å². The third-order valence-corrected chi connectivity index (χ3v) is 5.02. The molecule has 4 unspecified atom stereocenters. The summed E-state index contributed by atoms with van der Waals surface area (Å²) < 4.78 is 0. The second-order valence-corrected chi connectivity index (χ2v) is 6.50. The standard InChI is InChI=1S/C15H29N3O/c1-3-17-14(15(16)19)6-7-18(2)10-13-9-11-4-5-12(13)8-11/h11-14,17H,3-10H2,1-2H3,(H2,16,19). The number of nitrogens with zero attached hydrogens (tertiary/aromatic N) is 1. The van der Waals surface area contributed by atoms with Crippen molar-refractivity contribution >= 4 is 5.91 Å². The third-order valence-electron chi connectivity index (χ3n) is 5.02. The summed E-state index contributed by atoms with van der Waals surface area (Å²) >= 11 is 0. The second kappa shape index (κ2) is 6.71. The topological polar surface area (TPSA) is 58.4 Å². The lowest BCUT2D eigenvalue weighted by Crippen LogP contribution is -2.43. The van der Waals surface area contributed by atoms with Gasteiger partial charge in [0.15, 0.2) is 0 Å². The first-order valence-corrected chi connectivity index (χ1v) is 7.81. The van der Waals surface area contributed by atoms with Crippen LogP contribution in [0.5, 0.6) is 0 Å². The summed E-state index contributed by atoms with van der Waals surface area (Å²) in [5.41, 5.74) is 5.40. The summed E-state index contributed by atoms with van der Waals surface area (Å²) in [5.74, 6) is 2.67. The van der Waals surface area contributed by atoms with E-state index in [0.717, 1.165) is 37.3 Å². The van der Waals surface area contributed by atoms with E-state index in [-0.39, 0.29) is 11.9 Å². The summed E-state index contributed by atoms with van der Waals surface area (Å²) in [5, 5.41) is 3.16. The van der Waals surface area contributed by atoms with Gasteiger partial charge in [-0.05, 0) is 63.6 Å². The predicted molar refractivity (Wildman–Crippen MR) is 77.7 cm³/mol. The molecular formula is C15H29N3O. The molecule has 4 heteroatoms. The number of amides is 1. The van der Waals surface area contributed by atoms with Crippen LogP contribution in [0.2, 0.25) is 0 Å². The number of hydrogen-bond acceptors (Lipinski definition) is 3. The number of hydrogen-bond donors (Lipinski definition) is 2. The van der Waals surface area contributed by atoms with Crippen LogP contribution in [-0.4, -0.2) is 43.5 Å². The van der Waals surface area contributed by atoms with Gasteiger partial charge in [-0.25, -0.2) is 0 Å². The van der Waals surface area contributed by atoms with E-state index in [4.69, 9.17) is 5.73 Å². The number of carbonyl (C=O) groups is 1. The molecule has 0 aromatic heterocycles. The zero-order valence-electron chi connectivity index (χ0n) is 12.4. The van der Waals surface area contributed by atoms with Crippen molar-refractivity contribution in [1.82, 2.24) is 10.2 Å². The van der Waals surface area contributed by atoms with Crippen LogP contribution in [0, 0.1) is 17.8 Å². The summed E-state index contributed by atoms with van der Waals surface area (Å²) in [6, 6.07) is -0.174. The largest absolute Gasteiger partial charge is 0.368 e. The van der Waals surface area contributed by atoms with Gasteiger partial charge < -0.3 is 16.0 Å². The quantitative estimate of drug-likeness (QED) is 0.695. The Morgan fingerprint density at radius 3 is 2.74 bits per heavy atom. The highest BCUT2D eigenvalue weighted by atomic mass is 16.1. The van der Waals surface area contributed by atoms with E-state index >= 15 is 0 Å². The molecule has 19 heavy (non-hydrogen) atoms. The van der Waals surface area contributed by atoms with E-state index in [9.17, 15) is 4.79 Å². The second-order valence-electron chi connectivity index (χ2n) is 6.50. The van der Waals surface area contributed by atoms with Gasteiger partial charge in [-0.2, -0.15) is 0 Å². The maximum absolute atomic E-state index is 11.3. The van der Waals surface area contributed by atoms with Crippen LogP contribution >= 0.6 is 0 Å². The average molecular weight is 267 g/mol. The first-order chi connectivity index (χ1) is 9.10. The molecule has 110 valence electrons. The normalized spacial score (nSPS) is 31.0. The number of rotatable bonds is 8. The minimum absolute atomic E-state index is 0.174. The molecule has 0 spiro atoms.